The zero-order valence-corrected chi connectivity index (χ0v) is 15.6. The summed E-state index contributed by atoms with van der Waals surface area (Å²) in [5.41, 5.74) is 6.83. The van der Waals surface area contributed by atoms with Gasteiger partial charge < -0.3 is 20.2 Å². The highest BCUT2D eigenvalue weighted by molar-refractivity contribution is 8.00. The summed E-state index contributed by atoms with van der Waals surface area (Å²) in [5, 5.41) is -0.614. The normalized spacial score (nSPS) is 12.6. The number of rotatable bonds is 6. The minimum Gasteiger partial charge on any atom is -0.468 e. The number of nitrogens with two attached hydrogens (primary N) is 1. The number of benzene rings is 2. The number of fused-ring (bicyclic) bond motifs is 1. The van der Waals surface area contributed by atoms with Crippen LogP contribution in [-0.2, 0) is 9.53 Å². The van der Waals surface area contributed by atoms with E-state index in [1.54, 1.807) is 12.1 Å². The quantitative estimate of drug-likeness (QED) is 0.462. The molecule has 2 aromatic carbocycles. The van der Waals surface area contributed by atoms with E-state index in [0.29, 0.717) is 21.8 Å². The number of alkyl halides is 3. The molecule has 1 unspecified atom stereocenters. The van der Waals surface area contributed by atoms with Gasteiger partial charge in [0, 0.05) is 0 Å². The molecule has 3 aromatic rings. The summed E-state index contributed by atoms with van der Waals surface area (Å²) in [4.78, 5) is 31.1. The predicted molar refractivity (Wildman–Crippen MR) is 98.4 cm³/mol. The highest BCUT2D eigenvalue weighted by atomic mass is 32.2. The predicted octanol–water partition coefficient (Wildman–Crippen LogP) is 3.57. The number of thioether (sulfide) groups is 1. The molecule has 7 nitrogen and oxygen atoms in total. The van der Waals surface area contributed by atoms with Crippen LogP contribution >= 0.6 is 11.8 Å². The van der Waals surface area contributed by atoms with Crippen molar-refractivity contribution in [1.82, 2.24) is 9.97 Å². The van der Waals surface area contributed by atoms with Crippen LogP contribution in [0.25, 0.3) is 11.0 Å². The fourth-order valence-corrected chi connectivity index (χ4v) is 3.60. The SMILES string of the molecule is COC(=O)C(Sc1nc2c(C(N)=O)cccc2[nH]1)c1ccc(OC(F)(F)F)cc1. The van der Waals surface area contributed by atoms with Crippen molar-refractivity contribution in [3.63, 3.8) is 0 Å². The van der Waals surface area contributed by atoms with E-state index in [4.69, 9.17) is 10.5 Å². The first-order valence-corrected chi connectivity index (χ1v) is 8.94. The minimum atomic E-state index is -4.82. The van der Waals surface area contributed by atoms with Crippen molar-refractivity contribution in [2.45, 2.75) is 16.8 Å². The van der Waals surface area contributed by atoms with E-state index in [2.05, 4.69) is 14.7 Å². The first kappa shape index (κ1) is 20.5. The van der Waals surface area contributed by atoms with Gasteiger partial charge in [0.05, 0.1) is 18.2 Å². The van der Waals surface area contributed by atoms with E-state index in [-0.39, 0.29) is 5.56 Å². The van der Waals surface area contributed by atoms with Gasteiger partial charge in [-0.2, -0.15) is 0 Å². The number of hydrogen-bond acceptors (Lipinski definition) is 6. The summed E-state index contributed by atoms with van der Waals surface area (Å²) in [6.45, 7) is 0. The van der Waals surface area contributed by atoms with Crippen molar-refractivity contribution in [2.75, 3.05) is 7.11 Å². The fraction of sp³-hybridized carbons (Fsp3) is 0.167. The molecular formula is C18H14F3N3O4S. The number of esters is 1. The van der Waals surface area contributed by atoms with Crippen LogP contribution in [0.5, 0.6) is 5.75 Å². The molecule has 3 rings (SSSR count). The summed E-state index contributed by atoms with van der Waals surface area (Å²) >= 11 is 0.983. The van der Waals surface area contributed by atoms with Crippen LogP contribution in [0.1, 0.15) is 21.2 Å². The number of ether oxygens (including phenoxy) is 2. The summed E-state index contributed by atoms with van der Waals surface area (Å²) < 4.78 is 45.6. The van der Waals surface area contributed by atoms with Gasteiger partial charge in [-0.25, -0.2) is 4.98 Å². The van der Waals surface area contributed by atoms with Crippen LogP contribution in [0.15, 0.2) is 47.6 Å². The summed E-state index contributed by atoms with van der Waals surface area (Å²) in [7, 11) is 1.20. The third kappa shape index (κ3) is 4.80. The van der Waals surface area contributed by atoms with Crippen molar-refractivity contribution in [3.8, 4) is 5.75 Å². The molecule has 1 amide bonds. The number of primary amides is 1. The Morgan fingerprint density at radius 1 is 1.17 bits per heavy atom. The fourth-order valence-electron chi connectivity index (χ4n) is 2.58. The maximum Gasteiger partial charge on any atom is 0.573 e. The lowest BCUT2D eigenvalue weighted by Crippen LogP contribution is -2.17. The molecule has 152 valence electrons. The number of carbonyl (C=O) groups excluding carboxylic acids is 2. The summed E-state index contributed by atoms with van der Waals surface area (Å²) in [6.07, 6.45) is -4.82. The molecule has 1 aromatic heterocycles. The van der Waals surface area contributed by atoms with Gasteiger partial charge in [-0.1, -0.05) is 30.0 Å². The molecule has 0 aliphatic carbocycles. The molecule has 0 saturated carbocycles. The van der Waals surface area contributed by atoms with Gasteiger partial charge in [-0.3, -0.25) is 9.59 Å². The Bertz CT molecular complexity index is 1050. The number of aromatic amines is 1. The topological polar surface area (TPSA) is 107 Å². The number of methoxy groups -OCH3 is 1. The van der Waals surface area contributed by atoms with E-state index in [1.807, 2.05) is 0 Å². The number of carbonyl (C=O) groups is 2. The second-order valence-corrected chi connectivity index (χ2v) is 6.84. The molecule has 1 atom stereocenters. The number of nitrogens with one attached hydrogen (secondary N) is 1. The van der Waals surface area contributed by atoms with Crippen molar-refractivity contribution >= 4 is 34.7 Å². The van der Waals surface area contributed by atoms with Gasteiger partial charge in [0.1, 0.15) is 16.5 Å². The van der Waals surface area contributed by atoms with E-state index < -0.39 is 29.2 Å². The number of aromatic nitrogens is 2. The van der Waals surface area contributed by atoms with Crippen LogP contribution in [0.3, 0.4) is 0 Å². The van der Waals surface area contributed by atoms with Crippen molar-refractivity contribution in [1.29, 1.82) is 0 Å². The second-order valence-electron chi connectivity index (χ2n) is 5.75. The van der Waals surface area contributed by atoms with Gasteiger partial charge in [-0.05, 0) is 29.8 Å². The third-order valence-corrected chi connectivity index (χ3v) is 4.93. The van der Waals surface area contributed by atoms with E-state index in [0.717, 1.165) is 23.9 Å². The number of H-pyrrole nitrogens is 1. The van der Waals surface area contributed by atoms with Crippen molar-refractivity contribution < 1.29 is 32.2 Å². The maximum atomic E-state index is 12.3. The van der Waals surface area contributed by atoms with Gasteiger partial charge in [-0.15, -0.1) is 13.2 Å². The van der Waals surface area contributed by atoms with Crippen LogP contribution in [-0.4, -0.2) is 35.3 Å². The molecule has 0 fully saturated rings. The lowest BCUT2D eigenvalue weighted by atomic mass is 10.1. The Morgan fingerprint density at radius 3 is 2.45 bits per heavy atom. The number of nitrogens with zero attached hydrogens (tertiary/aromatic N) is 1. The molecule has 11 heteroatoms. The van der Waals surface area contributed by atoms with Crippen molar-refractivity contribution in [2.24, 2.45) is 5.73 Å². The minimum absolute atomic E-state index is 0.217. The highest BCUT2D eigenvalue weighted by Gasteiger charge is 2.31. The largest absolute Gasteiger partial charge is 0.573 e. The Hall–Kier alpha value is -3.21. The molecule has 0 saturated heterocycles. The molecular weight excluding hydrogens is 411 g/mol. The number of para-hydroxylation sites is 1. The number of hydrogen-bond donors (Lipinski definition) is 2. The Kier molecular flexibility index (Phi) is 5.69. The first-order valence-electron chi connectivity index (χ1n) is 8.06. The van der Waals surface area contributed by atoms with Crippen LogP contribution in [0.4, 0.5) is 13.2 Å². The van der Waals surface area contributed by atoms with Gasteiger partial charge in [0.25, 0.3) is 5.91 Å². The molecule has 0 bridgehead atoms. The molecule has 0 aliphatic rings. The van der Waals surface area contributed by atoms with Gasteiger partial charge in [0.15, 0.2) is 5.16 Å². The van der Waals surface area contributed by atoms with Crippen LogP contribution < -0.4 is 10.5 Å². The van der Waals surface area contributed by atoms with Crippen molar-refractivity contribution in [3.05, 3.63) is 53.6 Å². The average molecular weight is 425 g/mol. The van der Waals surface area contributed by atoms with E-state index in [1.165, 1.54) is 25.3 Å². The molecule has 0 aliphatic heterocycles. The number of halogens is 3. The monoisotopic (exact) mass is 425 g/mol. The molecule has 1 heterocycles. The summed E-state index contributed by atoms with van der Waals surface area (Å²) in [5.74, 6) is -1.69. The van der Waals surface area contributed by atoms with Crippen LogP contribution in [0, 0.1) is 0 Å². The first-order chi connectivity index (χ1) is 13.7. The Morgan fingerprint density at radius 2 is 1.86 bits per heavy atom. The number of imidazole rings is 1. The molecule has 3 N–H and O–H groups in total. The lowest BCUT2D eigenvalue weighted by Gasteiger charge is -2.14. The summed E-state index contributed by atoms with van der Waals surface area (Å²) in [6, 6.07) is 9.70. The average Bonchev–Trinajstić information content (AvgIpc) is 3.07. The Balaban J connectivity index is 1.90. The highest BCUT2D eigenvalue weighted by Crippen LogP contribution is 2.37. The molecule has 0 spiro atoms. The Labute approximate surface area is 166 Å². The zero-order valence-electron chi connectivity index (χ0n) is 14.8. The van der Waals surface area contributed by atoms with E-state index >= 15 is 0 Å². The van der Waals surface area contributed by atoms with Gasteiger partial charge >= 0.3 is 12.3 Å². The van der Waals surface area contributed by atoms with Crippen LogP contribution in [0.2, 0.25) is 0 Å². The smallest absolute Gasteiger partial charge is 0.468 e. The lowest BCUT2D eigenvalue weighted by molar-refractivity contribution is -0.274. The zero-order chi connectivity index (χ0) is 21.2. The standard InChI is InChI=1S/C18H14F3N3O4S/c1-27-16(26)14(9-5-7-10(8-6-9)28-18(19,20)21)29-17-23-12-4-2-3-11(15(22)25)13(12)24-17/h2-8,14H,1H3,(H2,22,25)(H,23,24). The second kappa shape index (κ2) is 8.03. The molecule has 29 heavy (non-hydrogen) atoms. The maximum absolute atomic E-state index is 12.3. The van der Waals surface area contributed by atoms with Gasteiger partial charge in [0.2, 0.25) is 0 Å². The number of amides is 1. The van der Waals surface area contributed by atoms with E-state index in [9.17, 15) is 22.8 Å². The molecule has 0 radical (unpaired) electrons. The third-order valence-electron chi connectivity index (χ3n) is 3.82.